The molecule has 0 aromatic carbocycles. The molecule has 0 bridgehead atoms. The van der Waals surface area contributed by atoms with E-state index < -0.39 is 0 Å². The lowest BCUT2D eigenvalue weighted by molar-refractivity contribution is 0.158. The van der Waals surface area contributed by atoms with Crippen LogP contribution in [0.2, 0.25) is 0 Å². The average molecular weight is 248 g/mol. The summed E-state index contributed by atoms with van der Waals surface area (Å²) in [6, 6.07) is 3.73. The maximum atomic E-state index is 5.17. The molecule has 2 rings (SSSR count). The number of anilines is 1. The van der Waals surface area contributed by atoms with E-state index in [2.05, 4.69) is 20.4 Å². The molecule has 0 aliphatic carbocycles. The number of hydrogen-bond acceptors (Lipinski definition) is 6. The Balaban J connectivity index is 2.29. The first-order chi connectivity index (χ1) is 8.62. The van der Waals surface area contributed by atoms with Gasteiger partial charge in [-0.1, -0.05) is 5.16 Å². The molecule has 0 saturated carbocycles. The Labute approximate surface area is 105 Å². The van der Waals surface area contributed by atoms with E-state index in [0.717, 1.165) is 5.56 Å². The Morgan fingerprint density at radius 2 is 2.22 bits per heavy atom. The van der Waals surface area contributed by atoms with E-state index in [4.69, 9.17) is 9.26 Å². The third-order valence-corrected chi connectivity index (χ3v) is 2.37. The van der Waals surface area contributed by atoms with Gasteiger partial charge < -0.3 is 14.6 Å². The SMILES string of the molecule is COCC(C)(C)Nc1ncccc1-c1ncon1. The van der Waals surface area contributed by atoms with Crippen LogP contribution in [0.25, 0.3) is 11.4 Å². The van der Waals surface area contributed by atoms with E-state index in [1.54, 1.807) is 13.3 Å². The second-order valence-corrected chi connectivity index (χ2v) is 4.60. The molecule has 6 heteroatoms. The van der Waals surface area contributed by atoms with Crippen molar-refractivity contribution in [1.29, 1.82) is 0 Å². The van der Waals surface area contributed by atoms with E-state index in [9.17, 15) is 0 Å². The van der Waals surface area contributed by atoms with Crippen molar-refractivity contribution in [2.75, 3.05) is 19.0 Å². The molecule has 0 radical (unpaired) electrons. The van der Waals surface area contributed by atoms with Crippen LogP contribution in [0.15, 0.2) is 29.2 Å². The zero-order chi connectivity index (χ0) is 13.0. The first-order valence-electron chi connectivity index (χ1n) is 5.61. The van der Waals surface area contributed by atoms with Crippen molar-refractivity contribution in [1.82, 2.24) is 15.1 Å². The highest BCUT2D eigenvalue weighted by Crippen LogP contribution is 2.25. The number of ether oxygens (including phenoxy) is 1. The Kier molecular flexibility index (Phi) is 3.57. The van der Waals surface area contributed by atoms with Gasteiger partial charge >= 0.3 is 0 Å². The zero-order valence-electron chi connectivity index (χ0n) is 10.7. The second kappa shape index (κ2) is 5.14. The van der Waals surface area contributed by atoms with Gasteiger partial charge in [0.25, 0.3) is 0 Å². The highest BCUT2D eigenvalue weighted by atomic mass is 16.5. The molecule has 6 nitrogen and oxygen atoms in total. The first-order valence-corrected chi connectivity index (χ1v) is 5.61. The van der Waals surface area contributed by atoms with Crippen molar-refractivity contribution in [2.45, 2.75) is 19.4 Å². The molecule has 0 unspecified atom stereocenters. The maximum absolute atomic E-state index is 5.17. The smallest absolute Gasteiger partial charge is 0.214 e. The Hall–Kier alpha value is -1.95. The predicted octanol–water partition coefficient (Wildman–Crippen LogP) is 1.97. The van der Waals surface area contributed by atoms with E-state index >= 15 is 0 Å². The molecule has 96 valence electrons. The van der Waals surface area contributed by atoms with Crippen LogP contribution in [0.1, 0.15) is 13.8 Å². The molecular weight excluding hydrogens is 232 g/mol. The predicted molar refractivity (Wildman–Crippen MR) is 67.1 cm³/mol. The summed E-state index contributed by atoms with van der Waals surface area (Å²) >= 11 is 0. The van der Waals surface area contributed by atoms with Crippen molar-refractivity contribution in [2.24, 2.45) is 0 Å². The van der Waals surface area contributed by atoms with Crippen LogP contribution in [0.3, 0.4) is 0 Å². The van der Waals surface area contributed by atoms with Crippen LogP contribution in [0.5, 0.6) is 0 Å². The molecule has 2 aromatic rings. The summed E-state index contributed by atoms with van der Waals surface area (Å²) in [7, 11) is 1.67. The van der Waals surface area contributed by atoms with Crippen LogP contribution in [-0.2, 0) is 4.74 Å². The monoisotopic (exact) mass is 248 g/mol. The van der Waals surface area contributed by atoms with Crippen molar-refractivity contribution in [3.8, 4) is 11.4 Å². The minimum Gasteiger partial charge on any atom is -0.382 e. The zero-order valence-corrected chi connectivity index (χ0v) is 10.7. The minimum atomic E-state index is -0.235. The van der Waals surface area contributed by atoms with Crippen LogP contribution in [0.4, 0.5) is 5.82 Å². The highest BCUT2D eigenvalue weighted by molar-refractivity contribution is 5.69. The van der Waals surface area contributed by atoms with Crippen molar-refractivity contribution >= 4 is 5.82 Å². The second-order valence-electron chi connectivity index (χ2n) is 4.60. The van der Waals surface area contributed by atoms with Crippen LogP contribution in [-0.4, -0.2) is 34.4 Å². The summed E-state index contributed by atoms with van der Waals surface area (Å²) < 4.78 is 9.93. The number of hydrogen-bond donors (Lipinski definition) is 1. The van der Waals surface area contributed by atoms with E-state index in [1.807, 2.05) is 26.0 Å². The number of rotatable bonds is 5. The Morgan fingerprint density at radius 3 is 2.89 bits per heavy atom. The molecular formula is C12H16N4O2. The van der Waals surface area contributed by atoms with Crippen LogP contribution in [0, 0.1) is 0 Å². The van der Waals surface area contributed by atoms with Crippen LogP contribution < -0.4 is 5.32 Å². The topological polar surface area (TPSA) is 73.1 Å². The number of pyridine rings is 1. The lowest BCUT2D eigenvalue weighted by Crippen LogP contribution is -2.36. The fourth-order valence-corrected chi connectivity index (χ4v) is 1.69. The molecule has 0 atom stereocenters. The summed E-state index contributed by atoms with van der Waals surface area (Å²) in [4.78, 5) is 8.35. The number of methoxy groups -OCH3 is 1. The lowest BCUT2D eigenvalue weighted by Gasteiger charge is -2.26. The maximum Gasteiger partial charge on any atom is 0.214 e. The molecule has 0 saturated heterocycles. The third-order valence-electron chi connectivity index (χ3n) is 2.37. The molecule has 18 heavy (non-hydrogen) atoms. The Bertz CT molecular complexity index is 497. The molecule has 1 N–H and O–H groups in total. The molecule has 0 fully saturated rings. The van der Waals surface area contributed by atoms with Gasteiger partial charge in [0.2, 0.25) is 12.2 Å². The first kappa shape index (κ1) is 12.5. The molecule has 0 spiro atoms. The largest absolute Gasteiger partial charge is 0.382 e. The van der Waals surface area contributed by atoms with Gasteiger partial charge in [-0.2, -0.15) is 4.98 Å². The van der Waals surface area contributed by atoms with E-state index in [0.29, 0.717) is 18.2 Å². The Morgan fingerprint density at radius 1 is 1.39 bits per heavy atom. The fourth-order valence-electron chi connectivity index (χ4n) is 1.69. The van der Waals surface area contributed by atoms with Crippen molar-refractivity contribution in [3.63, 3.8) is 0 Å². The lowest BCUT2D eigenvalue weighted by atomic mass is 10.1. The van der Waals surface area contributed by atoms with Gasteiger partial charge in [-0.3, -0.25) is 0 Å². The third kappa shape index (κ3) is 2.84. The number of aromatic nitrogens is 3. The van der Waals surface area contributed by atoms with Crippen LogP contribution >= 0.6 is 0 Å². The summed E-state index contributed by atoms with van der Waals surface area (Å²) in [5.41, 5.74) is 0.567. The average Bonchev–Trinajstić information content (AvgIpc) is 2.82. The van der Waals surface area contributed by atoms with Crippen molar-refractivity contribution in [3.05, 3.63) is 24.7 Å². The van der Waals surface area contributed by atoms with Gasteiger partial charge in [0.1, 0.15) is 5.82 Å². The number of nitrogens with one attached hydrogen (secondary N) is 1. The van der Waals surface area contributed by atoms with E-state index in [-0.39, 0.29) is 5.54 Å². The minimum absolute atomic E-state index is 0.235. The van der Waals surface area contributed by atoms with Gasteiger partial charge in [0, 0.05) is 13.3 Å². The highest BCUT2D eigenvalue weighted by Gasteiger charge is 2.20. The molecule has 0 aliphatic heterocycles. The van der Waals surface area contributed by atoms with Gasteiger partial charge in [-0.05, 0) is 26.0 Å². The fraction of sp³-hybridized carbons (Fsp3) is 0.417. The van der Waals surface area contributed by atoms with Gasteiger partial charge in [0.15, 0.2) is 0 Å². The molecule has 0 aliphatic rings. The van der Waals surface area contributed by atoms with Gasteiger partial charge in [0.05, 0.1) is 17.7 Å². The summed E-state index contributed by atoms with van der Waals surface area (Å²) in [5.74, 6) is 1.22. The van der Waals surface area contributed by atoms with Gasteiger partial charge in [-0.25, -0.2) is 4.98 Å². The standard InChI is InChI=1S/C12H16N4O2/c1-12(2,7-17-3)15-10-9(5-4-6-13-10)11-14-8-18-16-11/h4-6,8H,7H2,1-3H3,(H,13,15). The van der Waals surface area contributed by atoms with Crippen molar-refractivity contribution < 1.29 is 9.26 Å². The summed E-state index contributed by atoms with van der Waals surface area (Å²) in [5, 5.41) is 7.14. The summed E-state index contributed by atoms with van der Waals surface area (Å²) in [6.45, 7) is 4.63. The van der Waals surface area contributed by atoms with E-state index in [1.165, 1.54) is 6.39 Å². The molecule has 2 aromatic heterocycles. The normalized spacial score (nSPS) is 11.5. The number of nitrogens with zero attached hydrogens (tertiary/aromatic N) is 3. The molecule has 0 amide bonds. The quantitative estimate of drug-likeness (QED) is 0.872. The molecule has 2 heterocycles. The van der Waals surface area contributed by atoms with Gasteiger partial charge in [-0.15, -0.1) is 0 Å². The summed E-state index contributed by atoms with van der Waals surface area (Å²) in [6.07, 6.45) is 3.02.